The Hall–Kier alpha value is -3.56. The lowest BCUT2D eigenvalue weighted by molar-refractivity contribution is -0.0532. The van der Waals surface area contributed by atoms with Crippen molar-refractivity contribution < 1.29 is 4.74 Å². The minimum absolute atomic E-state index is 0.0206. The molecule has 3 aromatic rings. The zero-order chi connectivity index (χ0) is 23.4. The number of ether oxygens (including phenoxy) is 1. The Bertz CT molecular complexity index is 1230. The van der Waals surface area contributed by atoms with Crippen LogP contribution < -0.4 is 5.32 Å². The largest absolute Gasteiger partial charge is 0.457 e. The molecule has 1 aliphatic carbocycles. The summed E-state index contributed by atoms with van der Waals surface area (Å²) in [5, 5.41) is 12.2. The molecule has 1 atom stereocenters. The van der Waals surface area contributed by atoms with E-state index >= 15 is 0 Å². The van der Waals surface area contributed by atoms with Gasteiger partial charge in [-0.15, -0.1) is 0 Å². The van der Waals surface area contributed by atoms with Crippen LogP contribution in [0.2, 0.25) is 0 Å². The van der Waals surface area contributed by atoms with Crippen LogP contribution in [0, 0.1) is 18.4 Å². The van der Waals surface area contributed by atoms with Crippen LogP contribution in [0.25, 0.3) is 11.0 Å². The molecule has 0 spiro atoms. The summed E-state index contributed by atoms with van der Waals surface area (Å²) in [5.41, 5.74) is 3.56. The average molecular weight is 454 g/mol. The van der Waals surface area contributed by atoms with Crippen LogP contribution in [0.4, 0.5) is 0 Å². The number of fused-ring (bicyclic) bond motifs is 1. The molecule has 1 unspecified atom stereocenters. The van der Waals surface area contributed by atoms with Gasteiger partial charge in [0.1, 0.15) is 11.6 Å². The normalized spacial score (nSPS) is 18.8. The van der Waals surface area contributed by atoms with E-state index in [9.17, 15) is 5.26 Å². The van der Waals surface area contributed by atoms with Gasteiger partial charge in [-0.05, 0) is 62.5 Å². The molecule has 5 rings (SSSR count). The number of likely N-dealkylation sites (tertiary alicyclic amines) is 1. The van der Waals surface area contributed by atoms with Gasteiger partial charge in [0.25, 0.3) is 0 Å². The van der Waals surface area contributed by atoms with E-state index in [0.29, 0.717) is 0 Å². The van der Waals surface area contributed by atoms with Crippen LogP contribution in [0.3, 0.4) is 0 Å². The Labute approximate surface area is 201 Å². The number of nitrogens with zero attached hydrogens (tertiary/aromatic N) is 4. The van der Waals surface area contributed by atoms with Crippen molar-refractivity contribution in [2.75, 3.05) is 13.1 Å². The van der Waals surface area contributed by atoms with Crippen LogP contribution in [0.5, 0.6) is 0 Å². The third-order valence-electron chi connectivity index (χ3n) is 7.18. The standard InChI is InChI=1S/C28H31N5O/c1-22-31-25-14-8-9-15-26(25)33(22)20-28(23-10-4-2-5-11-23)16-18-32(19-17-28)27(30-21-29)34-24-12-6-3-7-13-24/h2,4-6,8-15,27,30H,3,7,16-20H2,1H3. The maximum Gasteiger partial charge on any atom is 0.238 e. The Kier molecular flexibility index (Phi) is 6.37. The molecule has 0 bridgehead atoms. The van der Waals surface area contributed by atoms with Crippen molar-refractivity contribution in [2.45, 2.75) is 50.9 Å². The highest BCUT2D eigenvalue weighted by Crippen LogP contribution is 2.39. The summed E-state index contributed by atoms with van der Waals surface area (Å²) in [5.74, 6) is 1.88. The van der Waals surface area contributed by atoms with Crippen molar-refractivity contribution in [3.63, 3.8) is 0 Å². The number of aromatic nitrogens is 2. The van der Waals surface area contributed by atoms with Crippen LogP contribution in [0.15, 0.2) is 78.6 Å². The predicted molar refractivity (Wildman–Crippen MR) is 133 cm³/mol. The number of benzene rings is 2. The molecular formula is C28H31N5O. The minimum Gasteiger partial charge on any atom is -0.457 e. The Morgan fingerprint density at radius 1 is 1.09 bits per heavy atom. The fourth-order valence-corrected chi connectivity index (χ4v) is 5.27. The second-order valence-electron chi connectivity index (χ2n) is 9.23. The lowest BCUT2D eigenvalue weighted by Gasteiger charge is -2.44. The molecule has 6 heteroatoms. The van der Waals surface area contributed by atoms with Crippen LogP contribution in [-0.4, -0.2) is 33.9 Å². The fourth-order valence-electron chi connectivity index (χ4n) is 5.27. The third-order valence-corrected chi connectivity index (χ3v) is 7.18. The van der Waals surface area contributed by atoms with Gasteiger partial charge in [-0.1, -0.05) is 48.5 Å². The van der Waals surface area contributed by atoms with Gasteiger partial charge in [0.05, 0.1) is 11.0 Å². The minimum atomic E-state index is -0.455. The summed E-state index contributed by atoms with van der Waals surface area (Å²) in [7, 11) is 0. The predicted octanol–water partition coefficient (Wildman–Crippen LogP) is 4.98. The molecule has 6 nitrogen and oxygen atoms in total. The third kappa shape index (κ3) is 4.44. The van der Waals surface area contributed by atoms with Crippen LogP contribution in [0.1, 0.15) is 37.1 Å². The van der Waals surface area contributed by atoms with Crippen molar-refractivity contribution in [1.29, 1.82) is 5.26 Å². The average Bonchev–Trinajstić information content (AvgIpc) is 3.20. The van der Waals surface area contributed by atoms with E-state index in [1.165, 1.54) is 11.1 Å². The molecular weight excluding hydrogens is 422 g/mol. The van der Waals surface area contributed by atoms with Crippen molar-refractivity contribution in [3.8, 4) is 6.19 Å². The van der Waals surface area contributed by atoms with E-state index in [2.05, 4.69) is 88.6 Å². The number of piperidine rings is 1. The summed E-state index contributed by atoms with van der Waals surface area (Å²) < 4.78 is 8.55. The maximum absolute atomic E-state index is 9.36. The second kappa shape index (κ2) is 9.74. The Morgan fingerprint density at radius 3 is 2.59 bits per heavy atom. The van der Waals surface area contributed by atoms with Crippen molar-refractivity contribution in [2.24, 2.45) is 0 Å². The molecule has 2 aromatic carbocycles. The summed E-state index contributed by atoms with van der Waals surface area (Å²) in [6, 6.07) is 19.2. The highest BCUT2D eigenvalue weighted by Gasteiger charge is 2.39. The quantitative estimate of drug-likeness (QED) is 0.310. The summed E-state index contributed by atoms with van der Waals surface area (Å²) in [6.45, 7) is 4.63. The first kappa shape index (κ1) is 22.2. The summed E-state index contributed by atoms with van der Waals surface area (Å²) >= 11 is 0. The van der Waals surface area contributed by atoms with E-state index in [0.717, 1.165) is 62.4 Å². The number of nitrogens with one attached hydrogen (secondary N) is 1. The first-order valence-electron chi connectivity index (χ1n) is 12.1. The SMILES string of the molecule is Cc1nc2ccccc2n1CC1(c2ccccc2)CCN(C(NC#N)OC2=CCCC=C2)CC1. The number of aryl methyl sites for hydroxylation is 1. The zero-order valence-corrected chi connectivity index (χ0v) is 19.7. The van der Waals surface area contributed by atoms with Crippen molar-refractivity contribution in [3.05, 3.63) is 90.0 Å². The van der Waals surface area contributed by atoms with Gasteiger partial charge >= 0.3 is 0 Å². The van der Waals surface area contributed by atoms with Crippen LogP contribution in [-0.2, 0) is 16.7 Å². The fraction of sp³-hybridized carbons (Fsp3) is 0.357. The van der Waals surface area contributed by atoms with Gasteiger partial charge in [-0.2, -0.15) is 5.26 Å². The topological polar surface area (TPSA) is 66.1 Å². The van der Waals surface area contributed by atoms with E-state index in [1.807, 2.05) is 12.1 Å². The monoisotopic (exact) mass is 453 g/mol. The Balaban J connectivity index is 1.41. The van der Waals surface area contributed by atoms with Crippen molar-refractivity contribution >= 4 is 11.0 Å². The molecule has 34 heavy (non-hydrogen) atoms. The molecule has 0 amide bonds. The van der Waals surface area contributed by atoms with E-state index < -0.39 is 6.35 Å². The van der Waals surface area contributed by atoms with Gasteiger partial charge in [0, 0.05) is 25.0 Å². The molecule has 0 radical (unpaired) electrons. The highest BCUT2D eigenvalue weighted by molar-refractivity contribution is 5.75. The molecule has 1 aromatic heterocycles. The molecule has 2 heterocycles. The number of hydrogen-bond acceptors (Lipinski definition) is 5. The molecule has 1 saturated heterocycles. The first-order valence-corrected chi connectivity index (χ1v) is 12.1. The first-order chi connectivity index (χ1) is 16.7. The molecule has 0 saturated carbocycles. The molecule has 1 N–H and O–H groups in total. The Morgan fingerprint density at radius 2 is 1.85 bits per heavy atom. The number of imidazole rings is 1. The number of para-hydroxylation sites is 2. The summed E-state index contributed by atoms with van der Waals surface area (Å²) in [4.78, 5) is 7.05. The lowest BCUT2D eigenvalue weighted by atomic mass is 9.72. The van der Waals surface area contributed by atoms with Gasteiger partial charge < -0.3 is 9.30 Å². The van der Waals surface area contributed by atoms with Gasteiger partial charge in [-0.25, -0.2) is 4.98 Å². The summed E-state index contributed by atoms with van der Waals surface area (Å²) in [6.07, 6.45) is 11.8. The highest BCUT2D eigenvalue weighted by atomic mass is 16.5. The van der Waals surface area contributed by atoms with Crippen LogP contribution >= 0.6 is 0 Å². The van der Waals surface area contributed by atoms with Gasteiger partial charge in [-0.3, -0.25) is 10.2 Å². The van der Waals surface area contributed by atoms with Crippen molar-refractivity contribution in [1.82, 2.24) is 19.8 Å². The molecule has 1 fully saturated rings. The molecule has 2 aliphatic rings. The second-order valence-corrected chi connectivity index (χ2v) is 9.23. The smallest absolute Gasteiger partial charge is 0.238 e. The van der Waals surface area contributed by atoms with Gasteiger partial charge in [0.2, 0.25) is 6.35 Å². The maximum atomic E-state index is 9.36. The molecule has 1 aliphatic heterocycles. The number of allylic oxidation sites excluding steroid dienone is 3. The van der Waals surface area contributed by atoms with Gasteiger partial charge in [0.15, 0.2) is 6.19 Å². The number of hydrogen-bond donors (Lipinski definition) is 1. The van der Waals surface area contributed by atoms with E-state index in [1.54, 1.807) is 0 Å². The van der Waals surface area contributed by atoms with E-state index in [4.69, 9.17) is 9.72 Å². The number of nitriles is 1. The lowest BCUT2D eigenvalue weighted by Crippen LogP contribution is -2.53. The molecule has 174 valence electrons. The zero-order valence-electron chi connectivity index (χ0n) is 19.7. The van der Waals surface area contributed by atoms with E-state index in [-0.39, 0.29) is 5.41 Å². The number of rotatable bonds is 7.